The minimum absolute atomic E-state index is 0.0589. The molecule has 1 aliphatic heterocycles. The standard InChI is InChI=1S/C25H25N2O9P/c28-22-20-21(23(22)29)27(14-7-13-26-20)15-12-19(35-25(31)18-10-5-2-6-11-18)36-37(32)34-16-33-24(30)17-8-3-1-4-9-17/h1-6,8-11,19,26,32H,7,12-16H2. The maximum absolute atomic E-state index is 12.6. The SMILES string of the molecule is O=C(OCOP(O)OC(CCN1CCCNc2c1c(=O)c2=O)OC(=O)c1ccccc1)c1ccccc1. The van der Waals surface area contributed by atoms with Crippen LogP contribution in [0.1, 0.15) is 33.6 Å². The predicted octanol–water partition coefficient (Wildman–Crippen LogP) is 2.54. The molecule has 0 aromatic heterocycles. The molecule has 0 fully saturated rings. The lowest BCUT2D eigenvalue weighted by molar-refractivity contribution is -0.0641. The molecular weight excluding hydrogens is 503 g/mol. The van der Waals surface area contributed by atoms with Crippen LogP contribution in [0.4, 0.5) is 11.4 Å². The Balaban J connectivity index is 1.36. The van der Waals surface area contributed by atoms with Gasteiger partial charge in [-0.1, -0.05) is 36.4 Å². The number of rotatable bonds is 11. The summed E-state index contributed by atoms with van der Waals surface area (Å²) in [6, 6.07) is 16.5. The fourth-order valence-corrected chi connectivity index (χ4v) is 4.29. The molecule has 2 N–H and O–H groups in total. The van der Waals surface area contributed by atoms with Crippen molar-refractivity contribution in [2.45, 2.75) is 19.1 Å². The first-order valence-corrected chi connectivity index (χ1v) is 12.7. The van der Waals surface area contributed by atoms with Gasteiger partial charge < -0.3 is 24.6 Å². The highest BCUT2D eigenvalue weighted by Crippen LogP contribution is 2.36. The lowest BCUT2D eigenvalue weighted by Gasteiger charge is -2.27. The molecule has 11 nitrogen and oxygen atoms in total. The van der Waals surface area contributed by atoms with E-state index in [9.17, 15) is 24.1 Å². The van der Waals surface area contributed by atoms with Crippen molar-refractivity contribution in [3.05, 3.63) is 92.2 Å². The fraction of sp³-hybridized carbons (Fsp3) is 0.280. The summed E-state index contributed by atoms with van der Waals surface area (Å²) in [5.41, 5.74) is 0.0484. The van der Waals surface area contributed by atoms with Crippen molar-refractivity contribution in [1.82, 2.24) is 0 Å². The van der Waals surface area contributed by atoms with Crippen molar-refractivity contribution < 1.29 is 33.0 Å². The summed E-state index contributed by atoms with van der Waals surface area (Å²) in [5, 5.41) is 2.96. The minimum Gasteiger partial charge on any atom is -0.434 e. The molecule has 0 bridgehead atoms. The van der Waals surface area contributed by atoms with Gasteiger partial charge in [-0.3, -0.25) is 18.6 Å². The summed E-state index contributed by atoms with van der Waals surface area (Å²) in [5.74, 6) is -1.33. The molecule has 194 valence electrons. The molecule has 0 amide bonds. The van der Waals surface area contributed by atoms with Gasteiger partial charge in [0.25, 0.3) is 10.9 Å². The highest BCUT2D eigenvalue weighted by molar-refractivity contribution is 7.40. The molecule has 0 spiro atoms. The van der Waals surface area contributed by atoms with Crippen LogP contribution in [0.15, 0.2) is 70.3 Å². The van der Waals surface area contributed by atoms with E-state index in [0.29, 0.717) is 30.8 Å². The molecule has 4 rings (SSSR count). The van der Waals surface area contributed by atoms with Gasteiger partial charge in [0.1, 0.15) is 11.4 Å². The zero-order valence-electron chi connectivity index (χ0n) is 19.7. The van der Waals surface area contributed by atoms with Gasteiger partial charge in [-0.2, -0.15) is 0 Å². The Kier molecular flexibility index (Phi) is 8.97. The molecular formula is C25H25N2O9P. The van der Waals surface area contributed by atoms with Crippen LogP contribution >= 0.6 is 8.60 Å². The first-order valence-electron chi connectivity index (χ1n) is 11.5. The first kappa shape index (κ1) is 26.4. The molecule has 0 saturated heterocycles. The Bertz CT molecular complexity index is 1280. The first-order chi connectivity index (χ1) is 17.9. The van der Waals surface area contributed by atoms with Gasteiger partial charge in [-0.25, -0.2) is 9.59 Å². The lowest BCUT2D eigenvalue weighted by Crippen LogP contribution is -2.42. The van der Waals surface area contributed by atoms with E-state index >= 15 is 0 Å². The van der Waals surface area contributed by atoms with E-state index in [1.54, 1.807) is 65.6 Å². The molecule has 3 aromatic rings. The molecule has 0 radical (unpaired) electrons. The molecule has 1 aliphatic rings. The Labute approximate surface area is 213 Å². The van der Waals surface area contributed by atoms with Gasteiger partial charge >= 0.3 is 20.5 Å². The maximum Gasteiger partial charge on any atom is 0.340 e. The Hall–Kier alpha value is -3.63. The van der Waals surface area contributed by atoms with Crippen LogP contribution in [-0.4, -0.2) is 49.5 Å². The number of fused-ring (bicyclic) bond motifs is 1. The number of benzene rings is 2. The molecule has 37 heavy (non-hydrogen) atoms. The number of carbonyl (C=O) groups excluding carboxylic acids is 2. The number of ether oxygens (including phenoxy) is 2. The fourth-order valence-electron chi connectivity index (χ4n) is 3.73. The van der Waals surface area contributed by atoms with Crippen LogP contribution in [0.2, 0.25) is 0 Å². The Morgan fingerprint density at radius 2 is 1.62 bits per heavy atom. The average molecular weight is 528 g/mol. The zero-order valence-corrected chi connectivity index (χ0v) is 20.6. The largest absolute Gasteiger partial charge is 0.434 e. The number of anilines is 2. The number of esters is 2. The lowest BCUT2D eigenvalue weighted by atomic mass is 10.1. The summed E-state index contributed by atoms with van der Waals surface area (Å²) in [6.45, 7) is 0.678. The van der Waals surface area contributed by atoms with Crippen molar-refractivity contribution >= 4 is 31.9 Å². The van der Waals surface area contributed by atoms with Gasteiger partial charge in [0.05, 0.1) is 11.1 Å². The number of nitrogens with one attached hydrogen (secondary N) is 1. The van der Waals surface area contributed by atoms with Crippen molar-refractivity contribution in [3.63, 3.8) is 0 Å². The molecule has 3 aromatic carbocycles. The number of hydrogen-bond donors (Lipinski definition) is 2. The van der Waals surface area contributed by atoms with E-state index in [2.05, 4.69) is 5.32 Å². The second kappa shape index (κ2) is 12.6. The molecule has 0 aliphatic carbocycles. The summed E-state index contributed by atoms with van der Waals surface area (Å²) in [7, 11) is -2.59. The van der Waals surface area contributed by atoms with Crippen molar-refractivity contribution in [2.75, 3.05) is 36.6 Å². The molecule has 1 heterocycles. The minimum atomic E-state index is -2.59. The summed E-state index contributed by atoms with van der Waals surface area (Å²) in [4.78, 5) is 60.6. The normalized spacial score (nSPS) is 14.7. The summed E-state index contributed by atoms with van der Waals surface area (Å²) < 4.78 is 20.9. The summed E-state index contributed by atoms with van der Waals surface area (Å²) in [6.07, 6.45) is -0.505. The van der Waals surface area contributed by atoms with Crippen LogP contribution in [0.3, 0.4) is 0 Å². The predicted molar refractivity (Wildman–Crippen MR) is 135 cm³/mol. The number of hydrogen-bond acceptors (Lipinski definition) is 11. The van der Waals surface area contributed by atoms with Crippen LogP contribution in [0.25, 0.3) is 0 Å². The molecule has 12 heteroatoms. The monoisotopic (exact) mass is 528 g/mol. The molecule has 2 unspecified atom stereocenters. The Morgan fingerprint density at radius 1 is 0.973 bits per heavy atom. The highest BCUT2D eigenvalue weighted by Gasteiger charge is 2.29. The third kappa shape index (κ3) is 6.78. The average Bonchev–Trinajstić information content (AvgIpc) is 3.12. The Morgan fingerprint density at radius 3 is 2.30 bits per heavy atom. The van der Waals surface area contributed by atoms with Crippen LogP contribution < -0.4 is 21.1 Å². The van der Waals surface area contributed by atoms with Crippen LogP contribution in [0, 0.1) is 0 Å². The van der Waals surface area contributed by atoms with E-state index in [1.807, 2.05) is 0 Å². The van der Waals surface area contributed by atoms with Gasteiger partial charge in [-0.05, 0) is 30.7 Å². The van der Waals surface area contributed by atoms with E-state index < -0.39 is 44.5 Å². The van der Waals surface area contributed by atoms with Crippen LogP contribution in [-0.2, 0) is 18.5 Å². The van der Waals surface area contributed by atoms with Crippen LogP contribution in [0.5, 0.6) is 0 Å². The number of nitrogens with zero attached hydrogens (tertiary/aromatic N) is 1. The van der Waals surface area contributed by atoms with E-state index in [1.165, 1.54) is 0 Å². The third-order valence-corrected chi connectivity index (χ3v) is 6.30. The number of carbonyl (C=O) groups is 2. The van der Waals surface area contributed by atoms with Gasteiger partial charge in [0.15, 0.2) is 0 Å². The summed E-state index contributed by atoms with van der Waals surface area (Å²) >= 11 is 0. The second-order valence-electron chi connectivity index (χ2n) is 8.03. The highest BCUT2D eigenvalue weighted by atomic mass is 31.2. The van der Waals surface area contributed by atoms with Crippen molar-refractivity contribution in [1.29, 1.82) is 0 Å². The quantitative estimate of drug-likeness (QED) is 0.164. The van der Waals surface area contributed by atoms with E-state index in [0.717, 1.165) is 0 Å². The maximum atomic E-state index is 12.6. The molecule has 0 saturated carbocycles. The van der Waals surface area contributed by atoms with Crippen molar-refractivity contribution in [3.8, 4) is 0 Å². The zero-order chi connectivity index (χ0) is 26.2. The van der Waals surface area contributed by atoms with Gasteiger partial charge in [0, 0.05) is 26.1 Å². The topological polar surface area (TPSA) is 141 Å². The van der Waals surface area contributed by atoms with E-state index in [4.69, 9.17) is 18.5 Å². The van der Waals surface area contributed by atoms with Gasteiger partial charge in [-0.15, -0.1) is 0 Å². The van der Waals surface area contributed by atoms with Gasteiger partial charge in [0.2, 0.25) is 13.1 Å². The van der Waals surface area contributed by atoms with E-state index in [-0.39, 0.29) is 24.2 Å². The second-order valence-corrected chi connectivity index (χ2v) is 8.97. The molecule has 2 atom stereocenters. The smallest absolute Gasteiger partial charge is 0.340 e. The third-order valence-electron chi connectivity index (χ3n) is 5.56. The van der Waals surface area contributed by atoms with Crippen molar-refractivity contribution in [2.24, 2.45) is 0 Å².